The molecule has 0 bridgehead atoms. The summed E-state index contributed by atoms with van der Waals surface area (Å²) < 4.78 is 0. The maximum atomic E-state index is 12.7. The summed E-state index contributed by atoms with van der Waals surface area (Å²) in [6.45, 7) is 0.471. The summed E-state index contributed by atoms with van der Waals surface area (Å²) in [5.41, 5.74) is 5.71. The van der Waals surface area contributed by atoms with Gasteiger partial charge in [-0.2, -0.15) is 0 Å². The number of amides is 2. The van der Waals surface area contributed by atoms with Gasteiger partial charge in [0.1, 0.15) is 0 Å². The third kappa shape index (κ3) is 3.26. The fourth-order valence-corrected chi connectivity index (χ4v) is 3.72. The molecule has 0 atom stereocenters. The zero-order valence-electron chi connectivity index (χ0n) is 16.1. The molecule has 1 aliphatic heterocycles. The van der Waals surface area contributed by atoms with Crippen LogP contribution in [0.1, 0.15) is 27.0 Å². The second-order valence-electron chi connectivity index (χ2n) is 7.23. The van der Waals surface area contributed by atoms with Gasteiger partial charge in [0.25, 0.3) is 11.8 Å². The minimum Gasteiger partial charge on any atom is -0.361 e. The Morgan fingerprint density at radius 1 is 0.967 bits per heavy atom. The maximum Gasteiger partial charge on any atom is 0.256 e. The summed E-state index contributed by atoms with van der Waals surface area (Å²) >= 11 is 0. The minimum atomic E-state index is -0.135. The molecule has 2 amide bonds. The Hall–Kier alpha value is -4.12. The summed E-state index contributed by atoms with van der Waals surface area (Å²) in [4.78, 5) is 28.3. The number of nitrogens with one attached hydrogen (secondary N) is 3. The van der Waals surface area contributed by atoms with Gasteiger partial charge in [-0.1, -0.05) is 48.5 Å². The van der Waals surface area contributed by atoms with E-state index >= 15 is 0 Å². The highest BCUT2D eigenvalue weighted by Crippen LogP contribution is 2.34. The SMILES string of the molecule is O=C1Nc2ccccc2/C1=C\c1c[nH]c2ccc(C(=O)NCc3ccccc3)cc12. The van der Waals surface area contributed by atoms with Gasteiger partial charge in [-0.25, -0.2) is 0 Å². The Morgan fingerprint density at radius 2 is 1.77 bits per heavy atom. The van der Waals surface area contributed by atoms with Crippen molar-refractivity contribution in [2.45, 2.75) is 6.54 Å². The zero-order valence-corrected chi connectivity index (χ0v) is 16.1. The number of hydrogen-bond donors (Lipinski definition) is 3. The van der Waals surface area contributed by atoms with E-state index in [1.807, 2.05) is 79.0 Å². The molecule has 0 saturated heterocycles. The van der Waals surface area contributed by atoms with E-state index in [-0.39, 0.29) is 11.8 Å². The molecule has 146 valence electrons. The second-order valence-corrected chi connectivity index (χ2v) is 7.23. The van der Waals surface area contributed by atoms with Crippen molar-refractivity contribution in [1.29, 1.82) is 0 Å². The smallest absolute Gasteiger partial charge is 0.256 e. The molecule has 4 aromatic rings. The fraction of sp³-hybridized carbons (Fsp3) is 0.0400. The molecule has 1 aromatic heterocycles. The lowest BCUT2D eigenvalue weighted by molar-refractivity contribution is -0.110. The van der Waals surface area contributed by atoms with Gasteiger partial charge in [0.15, 0.2) is 0 Å². The molecule has 5 heteroatoms. The number of benzene rings is 3. The van der Waals surface area contributed by atoms with E-state index < -0.39 is 0 Å². The van der Waals surface area contributed by atoms with Crippen LogP contribution in [-0.2, 0) is 11.3 Å². The van der Waals surface area contributed by atoms with Crippen molar-refractivity contribution < 1.29 is 9.59 Å². The third-order valence-corrected chi connectivity index (χ3v) is 5.28. The lowest BCUT2D eigenvalue weighted by atomic mass is 10.0. The fourth-order valence-electron chi connectivity index (χ4n) is 3.72. The van der Waals surface area contributed by atoms with Gasteiger partial charge in [-0.15, -0.1) is 0 Å². The Labute approximate surface area is 173 Å². The number of para-hydroxylation sites is 1. The van der Waals surface area contributed by atoms with E-state index in [2.05, 4.69) is 15.6 Å². The predicted molar refractivity (Wildman–Crippen MR) is 119 cm³/mol. The van der Waals surface area contributed by atoms with Crippen LogP contribution < -0.4 is 10.6 Å². The van der Waals surface area contributed by atoms with Crippen molar-refractivity contribution in [3.05, 3.63) is 101 Å². The maximum absolute atomic E-state index is 12.7. The first-order valence-electron chi connectivity index (χ1n) is 9.75. The lowest BCUT2D eigenvalue weighted by Gasteiger charge is -2.06. The van der Waals surface area contributed by atoms with Crippen LogP contribution in [-0.4, -0.2) is 16.8 Å². The predicted octanol–water partition coefficient (Wildman–Crippen LogP) is 4.59. The molecule has 0 unspecified atom stereocenters. The molecule has 0 saturated carbocycles. The molecular weight excluding hydrogens is 374 g/mol. The zero-order chi connectivity index (χ0) is 20.5. The van der Waals surface area contributed by atoms with Crippen molar-refractivity contribution in [3.63, 3.8) is 0 Å². The number of rotatable bonds is 4. The van der Waals surface area contributed by atoms with Crippen molar-refractivity contribution in [2.75, 3.05) is 5.32 Å². The van der Waals surface area contributed by atoms with Gasteiger partial charge in [0, 0.05) is 51.6 Å². The average Bonchev–Trinajstić information content (AvgIpc) is 3.33. The highest BCUT2D eigenvalue weighted by Gasteiger charge is 2.23. The van der Waals surface area contributed by atoms with Crippen LogP contribution in [0.3, 0.4) is 0 Å². The summed E-state index contributed by atoms with van der Waals surface area (Å²) in [6, 6.07) is 23.0. The van der Waals surface area contributed by atoms with Gasteiger partial charge >= 0.3 is 0 Å². The first-order valence-corrected chi connectivity index (χ1v) is 9.75. The molecule has 0 spiro atoms. The average molecular weight is 393 g/mol. The summed E-state index contributed by atoms with van der Waals surface area (Å²) in [5.74, 6) is -0.258. The van der Waals surface area contributed by atoms with Crippen LogP contribution in [0.2, 0.25) is 0 Å². The number of fused-ring (bicyclic) bond motifs is 2. The second kappa shape index (κ2) is 7.37. The molecule has 0 aliphatic carbocycles. The normalized spacial score (nSPS) is 14.0. The molecule has 5 rings (SSSR count). The Morgan fingerprint density at radius 3 is 2.63 bits per heavy atom. The molecular formula is C25H19N3O2. The molecule has 3 N–H and O–H groups in total. The minimum absolute atomic E-state index is 0.123. The van der Waals surface area contributed by atoms with Crippen molar-refractivity contribution >= 4 is 40.1 Å². The number of carbonyl (C=O) groups excluding carboxylic acids is 2. The van der Waals surface area contributed by atoms with Crippen LogP contribution in [0.15, 0.2) is 79.0 Å². The lowest BCUT2D eigenvalue weighted by Crippen LogP contribution is -2.22. The summed E-state index contributed by atoms with van der Waals surface area (Å²) in [5, 5.41) is 6.74. The van der Waals surface area contributed by atoms with Crippen molar-refractivity contribution in [1.82, 2.24) is 10.3 Å². The number of hydrogen-bond acceptors (Lipinski definition) is 2. The number of carbonyl (C=O) groups is 2. The van der Waals surface area contributed by atoms with Crippen molar-refractivity contribution in [2.24, 2.45) is 0 Å². The van der Waals surface area contributed by atoms with E-state index in [9.17, 15) is 9.59 Å². The summed E-state index contributed by atoms with van der Waals surface area (Å²) in [7, 11) is 0. The number of aromatic amines is 1. The first kappa shape index (κ1) is 17.9. The van der Waals surface area contributed by atoms with Gasteiger partial charge in [0.05, 0.1) is 0 Å². The first-order chi connectivity index (χ1) is 14.7. The molecule has 1 aliphatic rings. The van der Waals surface area contributed by atoms with Crippen LogP contribution in [0.25, 0.3) is 22.6 Å². The molecule has 0 fully saturated rings. The van der Waals surface area contributed by atoms with E-state index in [1.165, 1.54) is 0 Å². The van der Waals surface area contributed by atoms with Crippen LogP contribution >= 0.6 is 0 Å². The quantitative estimate of drug-likeness (QED) is 0.444. The van der Waals surface area contributed by atoms with Crippen LogP contribution in [0.4, 0.5) is 5.69 Å². The van der Waals surface area contributed by atoms with Crippen LogP contribution in [0.5, 0.6) is 0 Å². The van der Waals surface area contributed by atoms with Crippen LogP contribution in [0, 0.1) is 0 Å². The topological polar surface area (TPSA) is 74.0 Å². The van der Waals surface area contributed by atoms with E-state index in [1.54, 1.807) is 6.07 Å². The highest BCUT2D eigenvalue weighted by atomic mass is 16.2. The monoisotopic (exact) mass is 393 g/mol. The molecule has 2 heterocycles. The third-order valence-electron chi connectivity index (χ3n) is 5.28. The highest BCUT2D eigenvalue weighted by molar-refractivity contribution is 6.35. The Bertz CT molecular complexity index is 1300. The van der Waals surface area contributed by atoms with Gasteiger partial charge in [-0.3, -0.25) is 9.59 Å². The van der Waals surface area contributed by atoms with Gasteiger partial charge in [0.2, 0.25) is 0 Å². The number of aromatic nitrogens is 1. The standard InChI is InChI=1S/C25H19N3O2/c29-24(27-14-16-6-2-1-3-7-16)17-10-11-22-20(12-17)18(15-26-22)13-21-19-8-4-5-9-23(19)28-25(21)30/h1-13,15,26H,14H2,(H,27,29)(H,28,30)/b21-13+. The molecule has 3 aromatic carbocycles. The van der Waals surface area contributed by atoms with E-state index in [0.29, 0.717) is 17.7 Å². The van der Waals surface area contributed by atoms with Gasteiger partial charge in [-0.05, 0) is 35.9 Å². The molecule has 30 heavy (non-hydrogen) atoms. The Balaban J connectivity index is 1.45. The molecule has 5 nitrogen and oxygen atoms in total. The largest absolute Gasteiger partial charge is 0.361 e. The Kier molecular flexibility index (Phi) is 4.41. The number of H-pyrrole nitrogens is 1. The van der Waals surface area contributed by atoms with E-state index in [0.717, 1.165) is 33.3 Å². The molecule has 0 radical (unpaired) electrons. The van der Waals surface area contributed by atoms with Crippen molar-refractivity contribution in [3.8, 4) is 0 Å². The number of anilines is 1. The summed E-state index contributed by atoms with van der Waals surface area (Å²) in [6.07, 6.45) is 3.73. The van der Waals surface area contributed by atoms with E-state index in [4.69, 9.17) is 0 Å². The van der Waals surface area contributed by atoms with Gasteiger partial charge < -0.3 is 15.6 Å².